The van der Waals surface area contributed by atoms with Crippen molar-refractivity contribution in [1.29, 1.82) is 0 Å². The second-order valence-electron chi connectivity index (χ2n) is 8.16. The molecule has 0 radical (unpaired) electrons. The van der Waals surface area contributed by atoms with Gasteiger partial charge in [0.2, 0.25) is 11.8 Å². The van der Waals surface area contributed by atoms with Crippen molar-refractivity contribution in [3.63, 3.8) is 0 Å². The number of nitrogens with zero attached hydrogens (tertiary/aromatic N) is 2. The number of halogens is 1. The number of fused-ring (bicyclic) bond motifs is 5. The first kappa shape index (κ1) is 19.5. The van der Waals surface area contributed by atoms with Crippen LogP contribution in [0.5, 0.6) is 0 Å². The minimum atomic E-state index is -0.756. The highest BCUT2D eigenvalue weighted by Crippen LogP contribution is 2.53. The summed E-state index contributed by atoms with van der Waals surface area (Å²) in [5.74, 6) is -2.13. The Bertz CT molecular complexity index is 1280. The van der Waals surface area contributed by atoms with Gasteiger partial charge >= 0.3 is 0 Å². The summed E-state index contributed by atoms with van der Waals surface area (Å²) in [6.45, 7) is 0. The van der Waals surface area contributed by atoms with Gasteiger partial charge in [0.1, 0.15) is 6.04 Å². The number of thiophene rings is 1. The van der Waals surface area contributed by atoms with Crippen molar-refractivity contribution in [3.05, 3.63) is 93.3 Å². The van der Waals surface area contributed by atoms with E-state index >= 15 is 0 Å². The molecule has 0 N–H and O–H groups in total. The van der Waals surface area contributed by atoms with E-state index in [1.54, 1.807) is 30.3 Å². The molecular formula is C25H17ClN2O3S. The number of benzene rings is 2. The molecule has 2 fully saturated rings. The van der Waals surface area contributed by atoms with E-state index < -0.39 is 17.9 Å². The van der Waals surface area contributed by atoms with E-state index in [0.717, 1.165) is 11.1 Å². The monoisotopic (exact) mass is 460 g/mol. The molecule has 3 aliphatic rings. The van der Waals surface area contributed by atoms with Crippen LogP contribution in [0.25, 0.3) is 6.08 Å². The maximum Gasteiger partial charge on any atom is 0.240 e. The fourth-order valence-electron chi connectivity index (χ4n) is 5.27. The molecule has 5 nitrogen and oxygen atoms in total. The molecule has 0 aliphatic carbocycles. The van der Waals surface area contributed by atoms with E-state index in [0.29, 0.717) is 15.6 Å². The number of Topliss-reactive ketones (excluding diaryl/α,β-unsaturated/α-hetero) is 1. The summed E-state index contributed by atoms with van der Waals surface area (Å²) in [7, 11) is 0. The first-order valence-corrected chi connectivity index (χ1v) is 11.6. The zero-order valence-corrected chi connectivity index (χ0v) is 18.3. The van der Waals surface area contributed by atoms with Crippen LogP contribution in [-0.2, 0) is 9.59 Å². The molecular weight excluding hydrogens is 444 g/mol. The Balaban J connectivity index is 1.50. The molecule has 158 valence electrons. The lowest BCUT2D eigenvalue weighted by Crippen LogP contribution is -2.44. The second kappa shape index (κ2) is 7.15. The van der Waals surface area contributed by atoms with Gasteiger partial charge in [-0.25, -0.2) is 4.90 Å². The summed E-state index contributed by atoms with van der Waals surface area (Å²) >= 11 is 7.36. The normalized spacial score (nSPS) is 25.7. The molecule has 2 saturated heterocycles. The van der Waals surface area contributed by atoms with Crippen molar-refractivity contribution in [2.75, 3.05) is 4.90 Å². The Morgan fingerprint density at radius 2 is 1.66 bits per heavy atom. The summed E-state index contributed by atoms with van der Waals surface area (Å²) in [5, 5.41) is 2.37. The van der Waals surface area contributed by atoms with Gasteiger partial charge in [0, 0.05) is 11.2 Å². The Morgan fingerprint density at radius 3 is 2.41 bits per heavy atom. The van der Waals surface area contributed by atoms with E-state index in [4.69, 9.17) is 11.6 Å². The van der Waals surface area contributed by atoms with Crippen LogP contribution in [0.1, 0.15) is 26.8 Å². The number of carbonyl (C=O) groups excluding carboxylic acids is 3. The standard InChI is InChI=1S/C25H17ClN2O3S/c26-15-7-9-16(10-8-15)28-24(30)19-20(25(28)31)22(23(29)18-6-3-13-32-18)27-12-11-14-4-1-2-5-17(14)21(19)27/h1-13,19-22H/t19-,20+,21+,22-/m0/s1. The van der Waals surface area contributed by atoms with E-state index in [9.17, 15) is 14.4 Å². The van der Waals surface area contributed by atoms with E-state index in [2.05, 4.69) is 0 Å². The number of ketones is 1. The average molecular weight is 461 g/mol. The average Bonchev–Trinajstić information content (AvgIpc) is 3.51. The Labute approximate surface area is 193 Å². The highest BCUT2D eigenvalue weighted by molar-refractivity contribution is 7.12. The van der Waals surface area contributed by atoms with Gasteiger partial charge in [-0.2, -0.15) is 0 Å². The fraction of sp³-hybridized carbons (Fsp3) is 0.160. The zero-order valence-electron chi connectivity index (χ0n) is 16.7. The second-order valence-corrected chi connectivity index (χ2v) is 9.55. The molecule has 4 atom stereocenters. The third-order valence-corrected chi connectivity index (χ3v) is 7.72. The number of amides is 2. The summed E-state index contributed by atoms with van der Waals surface area (Å²) in [6.07, 6.45) is 3.82. The van der Waals surface area contributed by atoms with Gasteiger partial charge in [-0.1, -0.05) is 41.9 Å². The predicted molar refractivity (Wildman–Crippen MR) is 123 cm³/mol. The molecule has 4 heterocycles. The number of anilines is 1. The lowest BCUT2D eigenvalue weighted by atomic mass is 9.84. The van der Waals surface area contributed by atoms with Crippen molar-refractivity contribution < 1.29 is 14.4 Å². The van der Waals surface area contributed by atoms with Crippen LogP contribution in [0.15, 0.2) is 72.2 Å². The molecule has 0 unspecified atom stereocenters. The zero-order chi connectivity index (χ0) is 22.0. The van der Waals surface area contributed by atoms with Crippen molar-refractivity contribution >= 4 is 52.3 Å². The minimum Gasteiger partial charge on any atom is -0.358 e. The molecule has 0 spiro atoms. The lowest BCUT2D eigenvalue weighted by Gasteiger charge is -2.35. The molecule has 3 aromatic rings. The molecule has 6 rings (SSSR count). The highest BCUT2D eigenvalue weighted by Gasteiger charge is 2.64. The third kappa shape index (κ3) is 2.66. The Morgan fingerprint density at radius 1 is 0.906 bits per heavy atom. The number of hydrogen-bond donors (Lipinski definition) is 0. The first-order valence-electron chi connectivity index (χ1n) is 10.3. The number of rotatable bonds is 3. The topological polar surface area (TPSA) is 57.7 Å². The predicted octanol–water partition coefficient (Wildman–Crippen LogP) is 4.80. The van der Waals surface area contributed by atoms with Crippen molar-refractivity contribution in [1.82, 2.24) is 4.90 Å². The van der Waals surface area contributed by atoms with E-state index in [1.165, 1.54) is 16.2 Å². The summed E-state index contributed by atoms with van der Waals surface area (Å²) < 4.78 is 0. The largest absolute Gasteiger partial charge is 0.358 e. The van der Waals surface area contributed by atoms with Gasteiger partial charge in [0.05, 0.1) is 28.4 Å². The van der Waals surface area contributed by atoms with Crippen LogP contribution < -0.4 is 4.90 Å². The van der Waals surface area contributed by atoms with Crippen LogP contribution >= 0.6 is 22.9 Å². The van der Waals surface area contributed by atoms with Gasteiger partial charge in [0.15, 0.2) is 5.78 Å². The molecule has 0 saturated carbocycles. The number of hydrogen-bond acceptors (Lipinski definition) is 5. The molecule has 32 heavy (non-hydrogen) atoms. The highest BCUT2D eigenvalue weighted by atomic mass is 35.5. The molecule has 7 heteroatoms. The van der Waals surface area contributed by atoms with Gasteiger partial charge in [-0.05, 0) is 52.9 Å². The van der Waals surface area contributed by atoms with Crippen LogP contribution in [0, 0.1) is 11.8 Å². The van der Waals surface area contributed by atoms with Crippen LogP contribution in [-0.4, -0.2) is 28.5 Å². The van der Waals surface area contributed by atoms with Gasteiger partial charge < -0.3 is 4.90 Å². The fourth-order valence-corrected chi connectivity index (χ4v) is 6.09. The quantitative estimate of drug-likeness (QED) is 0.416. The van der Waals surface area contributed by atoms with Gasteiger partial charge in [-0.15, -0.1) is 11.3 Å². The SMILES string of the molecule is O=C(c1cccs1)[C@@H]1[C@@H]2C(=O)N(c3ccc(Cl)cc3)C(=O)[C@@H]2[C@H]2c3ccccc3C=CN12. The van der Waals surface area contributed by atoms with E-state index in [-0.39, 0.29) is 23.6 Å². The summed E-state index contributed by atoms with van der Waals surface area (Å²) in [6, 6.07) is 17.0. The van der Waals surface area contributed by atoms with Crippen LogP contribution in [0.2, 0.25) is 5.02 Å². The van der Waals surface area contributed by atoms with Crippen LogP contribution in [0.3, 0.4) is 0 Å². The maximum absolute atomic E-state index is 13.7. The number of imide groups is 1. The van der Waals surface area contributed by atoms with Gasteiger partial charge in [0.25, 0.3) is 0 Å². The van der Waals surface area contributed by atoms with Crippen molar-refractivity contribution in [3.8, 4) is 0 Å². The summed E-state index contributed by atoms with van der Waals surface area (Å²) in [4.78, 5) is 44.8. The maximum atomic E-state index is 13.7. The Hall–Kier alpha value is -3.22. The lowest BCUT2D eigenvalue weighted by molar-refractivity contribution is -0.123. The van der Waals surface area contributed by atoms with Gasteiger partial charge in [-0.3, -0.25) is 14.4 Å². The molecule has 1 aromatic heterocycles. The van der Waals surface area contributed by atoms with Crippen molar-refractivity contribution in [2.45, 2.75) is 12.1 Å². The smallest absolute Gasteiger partial charge is 0.240 e. The molecule has 2 amide bonds. The minimum absolute atomic E-state index is 0.124. The molecule has 3 aliphatic heterocycles. The number of carbonyl (C=O) groups is 3. The summed E-state index contributed by atoms with van der Waals surface area (Å²) in [5.41, 5.74) is 2.44. The van der Waals surface area contributed by atoms with Crippen LogP contribution in [0.4, 0.5) is 5.69 Å². The van der Waals surface area contributed by atoms with E-state index in [1.807, 2.05) is 52.9 Å². The first-order chi connectivity index (χ1) is 15.6. The van der Waals surface area contributed by atoms with Crippen molar-refractivity contribution in [2.24, 2.45) is 11.8 Å². The third-order valence-electron chi connectivity index (χ3n) is 6.58. The molecule has 0 bridgehead atoms. The Kier molecular flexibility index (Phi) is 4.35. The molecule has 2 aromatic carbocycles.